The van der Waals surface area contributed by atoms with E-state index in [1.54, 1.807) is 6.92 Å². The molecule has 0 amide bonds. The maximum absolute atomic E-state index is 13.8. The fourth-order valence-corrected chi connectivity index (χ4v) is 2.71. The number of likely N-dealkylation sites (tertiary alicyclic amines) is 1. The quantitative estimate of drug-likeness (QED) is 0.757. The Morgan fingerprint density at radius 2 is 1.82 bits per heavy atom. The average molecular weight is 243 g/mol. The molecule has 0 aromatic carbocycles. The van der Waals surface area contributed by atoms with Crippen LogP contribution in [0.4, 0.5) is 4.39 Å². The van der Waals surface area contributed by atoms with E-state index in [2.05, 4.69) is 4.90 Å². The highest BCUT2D eigenvalue weighted by atomic mass is 19.1. The summed E-state index contributed by atoms with van der Waals surface area (Å²) in [7, 11) is 0. The molecule has 0 bridgehead atoms. The molecule has 0 unspecified atom stereocenters. The Morgan fingerprint density at radius 3 is 2.18 bits per heavy atom. The highest BCUT2D eigenvalue weighted by molar-refractivity contribution is 5.91. The zero-order valence-corrected chi connectivity index (χ0v) is 11.0. The van der Waals surface area contributed by atoms with E-state index in [1.807, 2.05) is 13.8 Å². The molecule has 17 heavy (non-hydrogen) atoms. The van der Waals surface area contributed by atoms with Crippen molar-refractivity contribution in [2.24, 2.45) is 5.92 Å². The lowest BCUT2D eigenvalue weighted by Gasteiger charge is -2.51. The molecule has 2 heterocycles. The van der Waals surface area contributed by atoms with Gasteiger partial charge in [-0.1, -0.05) is 13.8 Å². The number of halogens is 1. The van der Waals surface area contributed by atoms with Crippen LogP contribution in [0.25, 0.3) is 0 Å². The first-order chi connectivity index (χ1) is 7.87. The Bertz CT molecular complexity index is 301. The van der Waals surface area contributed by atoms with Gasteiger partial charge in [0.15, 0.2) is 5.78 Å². The van der Waals surface area contributed by atoms with Gasteiger partial charge in [-0.05, 0) is 19.8 Å². The first-order valence-electron chi connectivity index (χ1n) is 6.43. The van der Waals surface area contributed by atoms with Gasteiger partial charge in [-0.3, -0.25) is 9.69 Å². The molecular weight excluding hydrogens is 221 g/mol. The third kappa shape index (κ3) is 2.25. The molecule has 0 aromatic rings. The predicted octanol–water partition coefficient (Wildman–Crippen LogP) is 1.80. The van der Waals surface area contributed by atoms with E-state index in [0.717, 1.165) is 0 Å². The second-order valence-electron chi connectivity index (χ2n) is 5.94. The van der Waals surface area contributed by atoms with E-state index in [4.69, 9.17) is 4.74 Å². The number of hydrogen-bond donors (Lipinski definition) is 0. The van der Waals surface area contributed by atoms with Crippen LogP contribution in [-0.4, -0.2) is 48.2 Å². The number of piperidine rings is 1. The van der Waals surface area contributed by atoms with Gasteiger partial charge in [0.1, 0.15) is 11.2 Å². The minimum atomic E-state index is -1.07. The van der Waals surface area contributed by atoms with E-state index >= 15 is 0 Å². The van der Waals surface area contributed by atoms with Crippen molar-refractivity contribution in [2.45, 2.75) is 44.8 Å². The van der Waals surface area contributed by atoms with Crippen molar-refractivity contribution < 1.29 is 13.9 Å². The summed E-state index contributed by atoms with van der Waals surface area (Å²) < 4.78 is 19.0. The van der Waals surface area contributed by atoms with Crippen molar-refractivity contribution in [1.29, 1.82) is 0 Å². The molecule has 2 fully saturated rings. The molecule has 0 atom stereocenters. The molecule has 98 valence electrons. The summed E-state index contributed by atoms with van der Waals surface area (Å²) >= 11 is 0. The Hall–Kier alpha value is -0.480. The molecule has 0 spiro atoms. The molecule has 0 radical (unpaired) electrons. The van der Waals surface area contributed by atoms with Crippen LogP contribution in [0.1, 0.15) is 33.6 Å². The smallest absolute Gasteiger partial charge is 0.160 e. The lowest BCUT2D eigenvalue weighted by molar-refractivity contribution is -0.177. The van der Waals surface area contributed by atoms with E-state index in [1.165, 1.54) is 0 Å². The Kier molecular flexibility index (Phi) is 3.29. The van der Waals surface area contributed by atoms with Gasteiger partial charge >= 0.3 is 0 Å². The van der Waals surface area contributed by atoms with Crippen LogP contribution in [-0.2, 0) is 9.53 Å². The standard InChI is InChI=1S/C13H22FNO2/c1-10(2)11(16)13(8-17-9-13)15-6-4-12(3,14)5-7-15/h10H,4-9H2,1-3H3. The number of carbonyl (C=O) groups excluding carboxylic acids is 1. The first-order valence-corrected chi connectivity index (χ1v) is 6.43. The fraction of sp³-hybridized carbons (Fsp3) is 0.923. The molecular formula is C13H22FNO2. The van der Waals surface area contributed by atoms with Gasteiger partial charge in [0.2, 0.25) is 0 Å². The maximum atomic E-state index is 13.8. The zero-order valence-electron chi connectivity index (χ0n) is 11.0. The van der Waals surface area contributed by atoms with Crippen LogP contribution >= 0.6 is 0 Å². The lowest BCUT2D eigenvalue weighted by Crippen LogP contribution is -2.69. The van der Waals surface area contributed by atoms with Crippen LogP contribution in [0.2, 0.25) is 0 Å². The van der Waals surface area contributed by atoms with Gasteiger partial charge in [-0.15, -0.1) is 0 Å². The summed E-state index contributed by atoms with van der Waals surface area (Å²) in [6, 6.07) is 0. The largest absolute Gasteiger partial charge is 0.376 e. The van der Waals surface area contributed by atoms with Gasteiger partial charge in [-0.25, -0.2) is 4.39 Å². The number of Topliss-reactive ketones (excluding diaryl/α,β-unsaturated/α-hetero) is 1. The first kappa shape index (κ1) is 13.0. The molecule has 2 saturated heterocycles. The number of rotatable bonds is 3. The second kappa shape index (κ2) is 4.32. The molecule has 2 aliphatic heterocycles. The number of ketones is 1. The average Bonchev–Trinajstić information content (AvgIpc) is 2.18. The Balaban J connectivity index is 2.07. The van der Waals surface area contributed by atoms with Crippen LogP contribution in [0.15, 0.2) is 0 Å². The van der Waals surface area contributed by atoms with Crippen molar-refractivity contribution in [3.8, 4) is 0 Å². The zero-order chi connectivity index (χ0) is 12.7. The van der Waals surface area contributed by atoms with Gasteiger partial charge in [0, 0.05) is 19.0 Å². The molecule has 0 aliphatic carbocycles. The SMILES string of the molecule is CC(C)C(=O)C1(N2CCC(C)(F)CC2)COC1. The Labute approximate surface area is 102 Å². The molecule has 0 N–H and O–H groups in total. The highest BCUT2D eigenvalue weighted by Gasteiger charge is 2.52. The summed E-state index contributed by atoms with van der Waals surface area (Å²) in [4.78, 5) is 14.4. The monoisotopic (exact) mass is 243 g/mol. The number of alkyl halides is 1. The summed E-state index contributed by atoms with van der Waals surface area (Å²) in [5.74, 6) is 0.254. The normalized spacial score (nSPS) is 27.8. The predicted molar refractivity (Wildman–Crippen MR) is 63.7 cm³/mol. The van der Waals surface area contributed by atoms with Gasteiger partial charge in [-0.2, -0.15) is 0 Å². The molecule has 2 rings (SSSR count). The van der Waals surface area contributed by atoms with Crippen molar-refractivity contribution in [3.63, 3.8) is 0 Å². The molecule has 0 aromatic heterocycles. The third-order valence-electron chi connectivity index (χ3n) is 4.08. The number of ether oxygens (including phenoxy) is 1. The Morgan fingerprint density at radius 1 is 1.29 bits per heavy atom. The van der Waals surface area contributed by atoms with Crippen molar-refractivity contribution in [3.05, 3.63) is 0 Å². The van der Waals surface area contributed by atoms with Crippen LogP contribution < -0.4 is 0 Å². The van der Waals surface area contributed by atoms with E-state index < -0.39 is 11.2 Å². The minimum absolute atomic E-state index is 0.0117. The van der Waals surface area contributed by atoms with Gasteiger partial charge in [0.05, 0.1) is 13.2 Å². The molecule has 3 nitrogen and oxygen atoms in total. The van der Waals surface area contributed by atoms with E-state index in [0.29, 0.717) is 39.1 Å². The third-order valence-corrected chi connectivity index (χ3v) is 4.08. The minimum Gasteiger partial charge on any atom is -0.376 e. The summed E-state index contributed by atoms with van der Waals surface area (Å²) in [5, 5.41) is 0. The topological polar surface area (TPSA) is 29.5 Å². The lowest BCUT2D eigenvalue weighted by atomic mass is 9.81. The second-order valence-corrected chi connectivity index (χ2v) is 5.94. The van der Waals surface area contributed by atoms with Crippen LogP contribution in [0.5, 0.6) is 0 Å². The van der Waals surface area contributed by atoms with Crippen molar-refractivity contribution in [2.75, 3.05) is 26.3 Å². The van der Waals surface area contributed by atoms with Crippen LogP contribution in [0, 0.1) is 5.92 Å². The van der Waals surface area contributed by atoms with E-state index in [-0.39, 0.29) is 11.7 Å². The summed E-state index contributed by atoms with van der Waals surface area (Å²) in [6.07, 6.45) is 1.03. The van der Waals surface area contributed by atoms with E-state index in [9.17, 15) is 9.18 Å². The number of hydrogen-bond acceptors (Lipinski definition) is 3. The molecule has 4 heteroatoms. The molecule has 0 saturated carbocycles. The molecule has 2 aliphatic rings. The number of nitrogens with zero attached hydrogens (tertiary/aromatic N) is 1. The van der Waals surface area contributed by atoms with Crippen LogP contribution in [0.3, 0.4) is 0 Å². The highest BCUT2D eigenvalue weighted by Crippen LogP contribution is 2.35. The fourth-order valence-electron chi connectivity index (χ4n) is 2.71. The van der Waals surface area contributed by atoms with Gasteiger partial charge in [0.25, 0.3) is 0 Å². The summed E-state index contributed by atoms with van der Waals surface area (Å²) in [5.41, 5.74) is -1.52. The van der Waals surface area contributed by atoms with Crippen molar-refractivity contribution in [1.82, 2.24) is 4.90 Å². The van der Waals surface area contributed by atoms with Gasteiger partial charge < -0.3 is 4.74 Å². The summed E-state index contributed by atoms with van der Waals surface area (Å²) in [6.45, 7) is 7.78. The maximum Gasteiger partial charge on any atom is 0.160 e. The number of carbonyl (C=O) groups is 1. The van der Waals surface area contributed by atoms with Crippen molar-refractivity contribution >= 4 is 5.78 Å².